The maximum Gasteiger partial charge on any atom is 0.0487 e. The van der Waals surface area contributed by atoms with Gasteiger partial charge in [-0.05, 0) is 42.9 Å². The molecule has 0 amide bonds. The highest BCUT2D eigenvalue weighted by molar-refractivity contribution is 4.87. The van der Waals surface area contributed by atoms with E-state index in [4.69, 9.17) is 5.11 Å². The second kappa shape index (κ2) is 5.13. The van der Waals surface area contributed by atoms with E-state index in [1.54, 1.807) is 0 Å². The first-order valence-electron chi connectivity index (χ1n) is 5.84. The van der Waals surface area contributed by atoms with E-state index in [-0.39, 0.29) is 5.41 Å². The number of aliphatic hydroxyl groups is 2. The highest BCUT2D eigenvalue weighted by atomic mass is 16.3. The Kier molecular flexibility index (Phi) is 4.39. The molecule has 0 heterocycles. The monoisotopic (exact) mass is 200 g/mol. The van der Waals surface area contributed by atoms with Gasteiger partial charge in [-0.15, -0.1) is 0 Å². The third-order valence-corrected chi connectivity index (χ3v) is 4.08. The second-order valence-corrected chi connectivity index (χ2v) is 5.23. The van der Waals surface area contributed by atoms with Crippen molar-refractivity contribution in [2.24, 2.45) is 17.3 Å². The third kappa shape index (κ3) is 2.71. The predicted octanol–water partition coefficient (Wildman–Crippen LogP) is 2.19. The fourth-order valence-corrected chi connectivity index (χ4v) is 2.64. The summed E-state index contributed by atoms with van der Waals surface area (Å²) in [5.74, 6) is 1.35. The van der Waals surface area contributed by atoms with E-state index in [1.807, 2.05) is 0 Å². The van der Waals surface area contributed by atoms with E-state index in [9.17, 15) is 5.11 Å². The zero-order valence-electron chi connectivity index (χ0n) is 9.50. The van der Waals surface area contributed by atoms with E-state index >= 15 is 0 Å². The van der Waals surface area contributed by atoms with Gasteiger partial charge in [-0.25, -0.2) is 0 Å². The quantitative estimate of drug-likeness (QED) is 0.730. The lowest BCUT2D eigenvalue weighted by atomic mass is 9.64. The molecule has 0 radical (unpaired) electrons. The molecule has 1 aliphatic rings. The molecule has 2 heteroatoms. The highest BCUT2D eigenvalue weighted by Crippen LogP contribution is 2.44. The summed E-state index contributed by atoms with van der Waals surface area (Å²) < 4.78 is 0. The van der Waals surface area contributed by atoms with Gasteiger partial charge < -0.3 is 10.2 Å². The summed E-state index contributed by atoms with van der Waals surface area (Å²) in [6.07, 6.45) is 5.67. The van der Waals surface area contributed by atoms with Crippen molar-refractivity contribution in [3.8, 4) is 0 Å². The smallest absolute Gasteiger partial charge is 0.0487 e. The van der Waals surface area contributed by atoms with Crippen LogP contribution >= 0.6 is 0 Å². The summed E-state index contributed by atoms with van der Waals surface area (Å²) in [6.45, 7) is 5.06. The van der Waals surface area contributed by atoms with Crippen molar-refractivity contribution >= 4 is 0 Å². The maximum atomic E-state index is 9.41. The Morgan fingerprint density at radius 3 is 2.57 bits per heavy atom. The van der Waals surface area contributed by atoms with Crippen LogP contribution in [-0.4, -0.2) is 23.4 Å². The van der Waals surface area contributed by atoms with Crippen molar-refractivity contribution in [3.05, 3.63) is 0 Å². The molecule has 0 aromatic rings. The standard InChI is InChI=1S/C12H24O2/c1-10-5-6-11(4-3-7-13)8-12(10,2)9-14/h10-11,13-14H,3-9H2,1-2H3. The Hall–Kier alpha value is -0.0800. The first-order valence-corrected chi connectivity index (χ1v) is 5.84. The van der Waals surface area contributed by atoms with E-state index in [0.29, 0.717) is 19.1 Å². The van der Waals surface area contributed by atoms with Crippen molar-refractivity contribution in [3.63, 3.8) is 0 Å². The highest BCUT2D eigenvalue weighted by Gasteiger charge is 2.36. The van der Waals surface area contributed by atoms with Gasteiger partial charge in [0.25, 0.3) is 0 Å². The van der Waals surface area contributed by atoms with Gasteiger partial charge >= 0.3 is 0 Å². The van der Waals surface area contributed by atoms with E-state index in [2.05, 4.69) is 13.8 Å². The summed E-state index contributed by atoms with van der Waals surface area (Å²) in [4.78, 5) is 0. The number of hydrogen-bond donors (Lipinski definition) is 2. The molecule has 3 atom stereocenters. The Bertz CT molecular complexity index is 168. The van der Waals surface area contributed by atoms with E-state index in [0.717, 1.165) is 25.2 Å². The van der Waals surface area contributed by atoms with Crippen LogP contribution in [-0.2, 0) is 0 Å². The Balaban J connectivity index is 2.45. The first-order chi connectivity index (χ1) is 6.62. The Morgan fingerprint density at radius 1 is 1.29 bits per heavy atom. The van der Waals surface area contributed by atoms with Gasteiger partial charge in [0, 0.05) is 13.2 Å². The van der Waals surface area contributed by atoms with Crippen molar-refractivity contribution in [1.82, 2.24) is 0 Å². The van der Waals surface area contributed by atoms with Crippen LogP contribution in [0.15, 0.2) is 0 Å². The van der Waals surface area contributed by atoms with Crippen molar-refractivity contribution in [1.29, 1.82) is 0 Å². The van der Waals surface area contributed by atoms with Crippen molar-refractivity contribution in [2.45, 2.75) is 46.0 Å². The van der Waals surface area contributed by atoms with Gasteiger partial charge in [-0.3, -0.25) is 0 Å². The molecular weight excluding hydrogens is 176 g/mol. The molecule has 1 aliphatic carbocycles. The van der Waals surface area contributed by atoms with Crippen LogP contribution in [0, 0.1) is 17.3 Å². The molecule has 3 unspecified atom stereocenters. The molecule has 1 saturated carbocycles. The van der Waals surface area contributed by atoms with Crippen LogP contribution in [0.1, 0.15) is 46.0 Å². The first kappa shape index (κ1) is 12.0. The minimum Gasteiger partial charge on any atom is -0.396 e. The molecule has 0 aromatic heterocycles. The van der Waals surface area contributed by atoms with Gasteiger partial charge in [-0.1, -0.05) is 20.3 Å². The lowest BCUT2D eigenvalue weighted by Gasteiger charge is -2.42. The fraction of sp³-hybridized carbons (Fsp3) is 1.00. The molecule has 84 valence electrons. The molecule has 14 heavy (non-hydrogen) atoms. The van der Waals surface area contributed by atoms with Crippen LogP contribution in [0.3, 0.4) is 0 Å². The normalized spacial score (nSPS) is 38.6. The lowest BCUT2D eigenvalue weighted by Crippen LogP contribution is -2.36. The fourth-order valence-electron chi connectivity index (χ4n) is 2.64. The van der Waals surface area contributed by atoms with Gasteiger partial charge in [0.2, 0.25) is 0 Å². The summed E-state index contributed by atoms with van der Waals surface area (Å²) in [5, 5.41) is 18.2. The summed E-state index contributed by atoms with van der Waals surface area (Å²) in [7, 11) is 0. The minimum atomic E-state index is 0.123. The molecule has 0 aromatic carbocycles. The largest absolute Gasteiger partial charge is 0.396 e. The van der Waals surface area contributed by atoms with Crippen LogP contribution in [0.4, 0.5) is 0 Å². The molecule has 2 nitrogen and oxygen atoms in total. The van der Waals surface area contributed by atoms with Crippen molar-refractivity contribution in [2.75, 3.05) is 13.2 Å². The lowest BCUT2D eigenvalue weighted by molar-refractivity contribution is 0.0208. The van der Waals surface area contributed by atoms with Gasteiger partial charge in [0.15, 0.2) is 0 Å². The maximum absolute atomic E-state index is 9.41. The number of aliphatic hydroxyl groups excluding tert-OH is 2. The average molecular weight is 200 g/mol. The molecular formula is C12H24O2. The SMILES string of the molecule is CC1CCC(CCCO)CC1(C)CO. The third-order valence-electron chi connectivity index (χ3n) is 4.08. The van der Waals surface area contributed by atoms with Gasteiger partial charge in [0.05, 0.1) is 0 Å². The number of rotatable bonds is 4. The van der Waals surface area contributed by atoms with Crippen LogP contribution in [0.25, 0.3) is 0 Å². The van der Waals surface area contributed by atoms with Gasteiger partial charge in [0.1, 0.15) is 0 Å². The summed E-state index contributed by atoms with van der Waals surface area (Å²) in [6, 6.07) is 0. The summed E-state index contributed by atoms with van der Waals surface area (Å²) >= 11 is 0. The zero-order valence-corrected chi connectivity index (χ0v) is 9.50. The average Bonchev–Trinajstić information content (AvgIpc) is 2.20. The van der Waals surface area contributed by atoms with E-state index < -0.39 is 0 Å². The van der Waals surface area contributed by atoms with Crippen LogP contribution in [0.2, 0.25) is 0 Å². The minimum absolute atomic E-state index is 0.123. The second-order valence-electron chi connectivity index (χ2n) is 5.23. The van der Waals surface area contributed by atoms with Crippen LogP contribution in [0.5, 0.6) is 0 Å². The predicted molar refractivity (Wildman–Crippen MR) is 58.0 cm³/mol. The Morgan fingerprint density at radius 2 is 2.00 bits per heavy atom. The van der Waals surface area contributed by atoms with E-state index in [1.165, 1.54) is 12.8 Å². The molecule has 0 bridgehead atoms. The molecule has 0 spiro atoms. The number of hydrogen-bond acceptors (Lipinski definition) is 2. The molecule has 2 N–H and O–H groups in total. The molecule has 0 aliphatic heterocycles. The molecule has 1 fully saturated rings. The molecule has 1 rings (SSSR count). The van der Waals surface area contributed by atoms with Gasteiger partial charge in [-0.2, -0.15) is 0 Å². The topological polar surface area (TPSA) is 40.5 Å². The molecule has 0 saturated heterocycles. The van der Waals surface area contributed by atoms with Crippen LogP contribution < -0.4 is 0 Å². The van der Waals surface area contributed by atoms with Crippen molar-refractivity contribution < 1.29 is 10.2 Å². The zero-order chi connectivity index (χ0) is 10.6. The summed E-state index contributed by atoms with van der Waals surface area (Å²) in [5.41, 5.74) is 0.123. The Labute approximate surface area is 87.3 Å².